The van der Waals surface area contributed by atoms with Crippen LogP contribution in [0.4, 0.5) is 5.69 Å². The van der Waals surface area contributed by atoms with Gasteiger partial charge in [-0.3, -0.25) is 4.79 Å². The molecule has 1 aliphatic carbocycles. The van der Waals surface area contributed by atoms with Crippen molar-refractivity contribution in [2.24, 2.45) is 5.92 Å². The van der Waals surface area contributed by atoms with Gasteiger partial charge in [-0.25, -0.2) is 5.10 Å². The predicted molar refractivity (Wildman–Crippen MR) is 55.3 cm³/mol. The summed E-state index contributed by atoms with van der Waals surface area (Å²) in [6.45, 7) is 2.16. The molecule has 0 radical (unpaired) electrons. The molecular weight excluding hydrogens is 178 g/mol. The third kappa shape index (κ3) is 1.95. The van der Waals surface area contributed by atoms with E-state index in [0.29, 0.717) is 6.04 Å². The second-order valence-corrected chi connectivity index (χ2v) is 3.96. The van der Waals surface area contributed by atoms with Crippen molar-refractivity contribution < 1.29 is 0 Å². The summed E-state index contributed by atoms with van der Waals surface area (Å²) in [4.78, 5) is 11.0. The molecule has 4 nitrogen and oxygen atoms in total. The van der Waals surface area contributed by atoms with Crippen LogP contribution in [0.2, 0.25) is 0 Å². The number of nitrogens with one attached hydrogen (secondary N) is 2. The van der Waals surface area contributed by atoms with E-state index in [0.717, 1.165) is 11.6 Å². The quantitative estimate of drug-likeness (QED) is 0.762. The molecule has 1 heterocycles. The van der Waals surface area contributed by atoms with E-state index < -0.39 is 0 Å². The first kappa shape index (κ1) is 9.24. The summed E-state index contributed by atoms with van der Waals surface area (Å²) < 4.78 is 0. The Morgan fingerprint density at radius 2 is 2.43 bits per heavy atom. The molecule has 0 spiro atoms. The van der Waals surface area contributed by atoms with E-state index in [1.54, 1.807) is 12.3 Å². The first-order valence-corrected chi connectivity index (χ1v) is 5.07. The number of nitrogens with zero attached hydrogens (tertiary/aromatic N) is 1. The molecule has 76 valence electrons. The van der Waals surface area contributed by atoms with Crippen molar-refractivity contribution in [3.63, 3.8) is 0 Å². The smallest absolute Gasteiger partial charge is 0.266 e. The largest absolute Gasteiger partial charge is 0.381 e. The third-order valence-electron chi connectivity index (χ3n) is 2.92. The standard InChI is InChI=1S/C10H15N3O/c1-7(8-3-2-4-8)12-9-5-10(14)13-11-6-9/h5-8H,2-4H2,1H3,(H2,12,13,14). The van der Waals surface area contributed by atoms with E-state index in [-0.39, 0.29) is 5.56 Å². The summed E-state index contributed by atoms with van der Waals surface area (Å²) in [6.07, 6.45) is 5.58. The predicted octanol–water partition coefficient (Wildman–Crippen LogP) is 1.37. The summed E-state index contributed by atoms with van der Waals surface area (Å²) in [5, 5.41) is 9.40. The maximum atomic E-state index is 11.0. The molecule has 2 N–H and O–H groups in total. The summed E-state index contributed by atoms with van der Waals surface area (Å²) >= 11 is 0. The molecule has 4 heteroatoms. The van der Waals surface area contributed by atoms with E-state index in [4.69, 9.17) is 0 Å². The van der Waals surface area contributed by atoms with Crippen LogP contribution in [0.1, 0.15) is 26.2 Å². The summed E-state index contributed by atoms with van der Waals surface area (Å²) in [5.74, 6) is 0.759. The molecule has 0 aromatic carbocycles. The average molecular weight is 193 g/mol. The lowest BCUT2D eigenvalue weighted by Gasteiger charge is -2.32. The number of hydrogen-bond donors (Lipinski definition) is 2. The van der Waals surface area contributed by atoms with Crippen molar-refractivity contribution in [3.05, 3.63) is 22.6 Å². The van der Waals surface area contributed by atoms with Crippen LogP contribution in [0.3, 0.4) is 0 Å². The SMILES string of the molecule is CC(Nc1cn[nH]c(=O)c1)C1CCC1. The topological polar surface area (TPSA) is 57.8 Å². The van der Waals surface area contributed by atoms with Crippen LogP contribution in [-0.4, -0.2) is 16.2 Å². The van der Waals surface area contributed by atoms with Crippen LogP contribution < -0.4 is 10.9 Å². The summed E-state index contributed by atoms with van der Waals surface area (Å²) in [7, 11) is 0. The molecule has 0 saturated heterocycles. The van der Waals surface area contributed by atoms with Crippen molar-refractivity contribution >= 4 is 5.69 Å². The number of rotatable bonds is 3. The van der Waals surface area contributed by atoms with Crippen LogP contribution in [0.25, 0.3) is 0 Å². The number of H-pyrrole nitrogens is 1. The highest BCUT2D eigenvalue weighted by molar-refractivity contribution is 5.39. The maximum Gasteiger partial charge on any atom is 0.266 e. The molecule has 0 amide bonds. The number of aromatic nitrogens is 2. The fourth-order valence-electron chi connectivity index (χ4n) is 1.78. The summed E-state index contributed by atoms with van der Waals surface area (Å²) in [6, 6.07) is 1.98. The lowest BCUT2D eigenvalue weighted by atomic mass is 9.80. The van der Waals surface area contributed by atoms with Gasteiger partial charge in [0.05, 0.1) is 11.9 Å². The van der Waals surface area contributed by atoms with Crippen LogP contribution in [0.15, 0.2) is 17.1 Å². The number of anilines is 1. The minimum Gasteiger partial charge on any atom is -0.381 e. The molecule has 0 aliphatic heterocycles. The van der Waals surface area contributed by atoms with Gasteiger partial charge >= 0.3 is 0 Å². The van der Waals surface area contributed by atoms with Gasteiger partial charge in [0.25, 0.3) is 5.56 Å². The molecule has 1 aromatic heterocycles. The normalized spacial score (nSPS) is 18.6. The van der Waals surface area contributed by atoms with Crippen molar-refractivity contribution in [1.29, 1.82) is 0 Å². The summed E-state index contributed by atoms with van der Waals surface area (Å²) in [5.41, 5.74) is 0.656. The first-order chi connectivity index (χ1) is 6.75. The Balaban J connectivity index is 1.99. The highest BCUT2D eigenvalue weighted by Gasteiger charge is 2.23. The fourth-order valence-corrected chi connectivity index (χ4v) is 1.78. The Kier molecular flexibility index (Phi) is 2.52. The van der Waals surface area contributed by atoms with Gasteiger partial charge in [0.1, 0.15) is 0 Å². The van der Waals surface area contributed by atoms with Crippen LogP contribution in [-0.2, 0) is 0 Å². The average Bonchev–Trinajstić information content (AvgIpc) is 1.99. The molecule has 1 unspecified atom stereocenters. The van der Waals surface area contributed by atoms with E-state index in [9.17, 15) is 4.79 Å². The van der Waals surface area contributed by atoms with E-state index in [1.807, 2.05) is 0 Å². The molecule has 0 bridgehead atoms. The van der Waals surface area contributed by atoms with Gasteiger partial charge in [-0.15, -0.1) is 0 Å². The van der Waals surface area contributed by atoms with E-state index in [2.05, 4.69) is 22.4 Å². The van der Waals surface area contributed by atoms with Crippen LogP contribution in [0, 0.1) is 5.92 Å². The Morgan fingerprint density at radius 1 is 1.64 bits per heavy atom. The monoisotopic (exact) mass is 193 g/mol. The molecule has 1 aliphatic rings. The zero-order valence-corrected chi connectivity index (χ0v) is 8.29. The van der Waals surface area contributed by atoms with Crippen molar-refractivity contribution in [2.75, 3.05) is 5.32 Å². The molecule has 1 aromatic rings. The zero-order valence-electron chi connectivity index (χ0n) is 8.29. The highest BCUT2D eigenvalue weighted by atomic mass is 16.1. The number of hydrogen-bond acceptors (Lipinski definition) is 3. The van der Waals surface area contributed by atoms with Gasteiger partial charge in [0, 0.05) is 12.1 Å². The third-order valence-corrected chi connectivity index (χ3v) is 2.92. The van der Waals surface area contributed by atoms with Gasteiger partial charge in [0.2, 0.25) is 0 Å². The number of aromatic amines is 1. The highest BCUT2D eigenvalue weighted by Crippen LogP contribution is 2.30. The van der Waals surface area contributed by atoms with Crippen molar-refractivity contribution in [3.8, 4) is 0 Å². The second kappa shape index (κ2) is 3.82. The minimum atomic E-state index is -0.157. The second-order valence-electron chi connectivity index (χ2n) is 3.96. The van der Waals surface area contributed by atoms with E-state index >= 15 is 0 Å². The minimum absolute atomic E-state index is 0.157. The molecule has 1 fully saturated rings. The van der Waals surface area contributed by atoms with E-state index in [1.165, 1.54) is 19.3 Å². The maximum absolute atomic E-state index is 11.0. The fraction of sp³-hybridized carbons (Fsp3) is 0.600. The lowest BCUT2D eigenvalue weighted by molar-refractivity contribution is 0.285. The zero-order chi connectivity index (χ0) is 9.97. The molecule has 2 rings (SSSR count). The van der Waals surface area contributed by atoms with Crippen LogP contribution >= 0.6 is 0 Å². The van der Waals surface area contributed by atoms with Gasteiger partial charge in [-0.05, 0) is 25.7 Å². The van der Waals surface area contributed by atoms with Crippen molar-refractivity contribution in [2.45, 2.75) is 32.2 Å². The van der Waals surface area contributed by atoms with Gasteiger partial charge in [-0.2, -0.15) is 5.10 Å². The first-order valence-electron chi connectivity index (χ1n) is 5.07. The van der Waals surface area contributed by atoms with Crippen molar-refractivity contribution in [1.82, 2.24) is 10.2 Å². The van der Waals surface area contributed by atoms with Crippen LogP contribution in [0.5, 0.6) is 0 Å². The Bertz CT molecular complexity index is 356. The molecule has 1 saturated carbocycles. The Labute approximate surface area is 82.7 Å². The molecule has 1 atom stereocenters. The van der Waals surface area contributed by atoms with Gasteiger partial charge < -0.3 is 5.32 Å². The Hall–Kier alpha value is -1.32. The Morgan fingerprint density at radius 3 is 3.00 bits per heavy atom. The molecule has 14 heavy (non-hydrogen) atoms. The van der Waals surface area contributed by atoms with Gasteiger partial charge in [0.15, 0.2) is 0 Å². The van der Waals surface area contributed by atoms with Gasteiger partial charge in [-0.1, -0.05) is 6.42 Å². The lowest BCUT2D eigenvalue weighted by Crippen LogP contribution is -2.31. The molecular formula is C10H15N3O.